The molecular formula is C10H11FO2. The van der Waals surface area contributed by atoms with Crippen LogP contribution in [0.5, 0.6) is 0 Å². The predicted molar refractivity (Wildman–Crippen MR) is 47.1 cm³/mol. The Kier molecular flexibility index (Phi) is 4.12. The number of rotatable bonds is 5. The number of carbonyl (C=O) groups is 1. The van der Waals surface area contributed by atoms with Crippen LogP contribution in [0.25, 0.3) is 0 Å². The Labute approximate surface area is 76.3 Å². The van der Waals surface area contributed by atoms with Crippen LogP contribution in [0.15, 0.2) is 30.3 Å². The van der Waals surface area contributed by atoms with Gasteiger partial charge >= 0.3 is 0 Å². The Morgan fingerprint density at radius 3 is 2.62 bits per heavy atom. The van der Waals surface area contributed by atoms with Crippen LogP contribution in [0.1, 0.15) is 5.56 Å². The summed E-state index contributed by atoms with van der Waals surface area (Å²) in [5.74, 6) is 0. The van der Waals surface area contributed by atoms with E-state index < -0.39 is 12.8 Å². The molecule has 0 aliphatic heterocycles. The van der Waals surface area contributed by atoms with Crippen molar-refractivity contribution in [3.63, 3.8) is 0 Å². The van der Waals surface area contributed by atoms with Crippen LogP contribution in [-0.4, -0.2) is 19.1 Å². The fourth-order valence-electron chi connectivity index (χ4n) is 0.898. The summed E-state index contributed by atoms with van der Waals surface area (Å²) in [5, 5.41) is 0. The van der Waals surface area contributed by atoms with Gasteiger partial charge < -0.3 is 9.53 Å². The first-order chi connectivity index (χ1) is 6.36. The minimum absolute atomic E-state index is 0.272. The van der Waals surface area contributed by atoms with Crippen LogP contribution < -0.4 is 0 Å². The fourth-order valence-corrected chi connectivity index (χ4v) is 0.898. The zero-order valence-corrected chi connectivity index (χ0v) is 7.15. The summed E-state index contributed by atoms with van der Waals surface area (Å²) in [5.41, 5.74) is 0.933. The molecule has 1 rings (SSSR count). The van der Waals surface area contributed by atoms with E-state index >= 15 is 0 Å². The summed E-state index contributed by atoms with van der Waals surface area (Å²) in [4.78, 5) is 10.2. The molecule has 0 amide bonds. The van der Waals surface area contributed by atoms with Gasteiger partial charge in [-0.3, -0.25) is 0 Å². The van der Waals surface area contributed by atoms with Gasteiger partial charge in [-0.25, -0.2) is 4.39 Å². The van der Waals surface area contributed by atoms with Crippen LogP contribution in [0.4, 0.5) is 4.39 Å². The van der Waals surface area contributed by atoms with Gasteiger partial charge in [0.1, 0.15) is 12.8 Å². The van der Waals surface area contributed by atoms with Gasteiger partial charge in [0.05, 0.1) is 6.61 Å². The van der Waals surface area contributed by atoms with E-state index in [0.29, 0.717) is 6.29 Å². The Bertz CT molecular complexity index is 248. The largest absolute Gasteiger partial charge is 0.363 e. The number of hydrogen-bond donors (Lipinski definition) is 0. The van der Waals surface area contributed by atoms with Gasteiger partial charge in [-0.2, -0.15) is 0 Å². The SMILES string of the molecule is O=C[C@H](CF)OCc1ccccc1. The molecule has 0 bridgehead atoms. The van der Waals surface area contributed by atoms with E-state index in [9.17, 15) is 9.18 Å². The monoisotopic (exact) mass is 182 g/mol. The molecule has 1 atom stereocenters. The molecule has 1 aromatic carbocycles. The number of carbonyl (C=O) groups excluding carboxylic acids is 1. The van der Waals surface area contributed by atoms with E-state index in [1.54, 1.807) is 0 Å². The first kappa shape index (κ1) is 9.86. The molecule has 0 fully saturated rings. The number of benzene rings is 1. The third-order valence-electron chi connectivity index (χ3n) is 1.61. The molecule has 0 spiro atoms. The van der Waals surface area contributed by atoms with Crippen LogP contribution in [0.3, 0.4) is 0 Å². The molecule has 0 aromatic heterocycles. The standard InChI is InChI=1S/C10H11FO2/c11-6-10(7-12)13-8-9-4-2-1-3-5-9/h1-5,7,10H,6,8H2/t10-/m0/s1. The number of hydrogen-bond acceptors (Lipinski definition) is 2. The number of halogens is 1. The molecule has 3 heteroatoms. The molecule has 0 aliphatic carbocycles. The lowest BCUT2D eigenvalue weighted by Gasteiger charge is -2.07. The fraction of sp³-hybridized carbons (Fsp3) is 0.300. The smallest absolute Gasteiger partial charge is 0.151 e. The average Bonchev–Trinajstić information content (AvgIpc) is 2.21. The maximum atomic E-state index is 12.0. The maximum absolute atomic E-state index is 12.0. The molecule has 13 heavy (non-hydrogen) atoms. The molecule has 0 N–H and O–H groups in total. The number of alkyl halides is 1. The highest BCUT2D eigenvalue weighted by molar-refractivity contribution is 5.56. The lowest BCUT2D eigenvalue weighted by atomic mass is 10.2. The quantitative estimate of drug-likeness (QED) is 0.648. The van der Waals surface area contributed by atoms with Crippen LogP contribution in [-0.2, 0) is 16.1 Å². The highest BCUT2D eigenvalue weighted by Crippen LogP contribution is 2.02. The summed E-state index contributed by atoms with van der Waals surface area (Å²) in [6, 6.07) is 9.34. The molecule has 0 radical (unpaired) electrons. The molecule has 0 heterocycles. The lowest BCUT2D eigenvalue weighted by molar-refractivity contribution is -0.119. The molecular weight excluding hydrogens is 171 g/mol. The lowest BCUT2D eigenvalue weighted by Crippen LogP contribution is -2.16. The van der Waals surface area contributed by atoms with Crippen LogP contribution >= 0.6 is 0 Å². The number of aldehydes is 1. The van der Waals surface area contributed by atoms with Crippen LogP contribution in [0.2, 0.25) is 0 Å². The topological polar surface area (TPSA) is 26.3 Å². The van der Waals surface area contributed by atoms with Crippen molar-refractivity contribution in [3.05, 3.63) is 35.9 Å². The average molecular weight is 182 g/mol. The maximum Gasteiger partial charge on any atom is 0.151 e. The van der Waals surface area contributed by atoms with Crippen molar-refractivity contribution in [3.8, 4) is 0 Å². The Hall–Kier alpha value is -1.22. The van der Waals surface area contributed by atoms with Crippen LogP contribution in [0, 0.1) is 0 Å². The van der Waals surface area contributed by atoms with Gasteiger partial charge in [-0.05, 0) is 5.56 Å². The van der Waals surface area contributed by atoms with Gasteiger partial charge in [0.25, 0.3) is 0 Å². The highest BCUT2D eigenvalue weighted by Gasteiger charge is 2.05. The van der Waals surface area contributed by atoms with Crippen molar-refractivity contribution >= 4 is 6.29 Å². The van der Waals surface area contributed by atoms with E-state index in [1.165, 1.54) is 0 Å². The minimum Gasteiger partial charge on any atom is -0.363 e. The van der Waals surface area contributed by atoms with Gasteiger partial charge in [-0.1, -0.05) is 30.3 Å². The molecule has 0 aliphatic rings. The van der Waals surface area contributed by atoms with Gasteiger partial charge in [0.15, 0.2) is 6.29 Å². The van der Waals surface area contributed by atoms with E-state index in [2.05, 4.69) is 0 Å². The van der Waals surface area contributed by atoms with E-state index in [0.717, 1.165) is 5.56 Å². The highest BCUT2D eigenvalue weighted by atomic mass is 19.1. The zero-order valence-electron chi connectivity index (χ0n) is 7.15. The van der Waals surface area contributed by atoms with Gasteiger partial charge in [0, 0.05) is 0 Å². The summed E-state index contributed by atoms with van der Waals surface area (Å²) in [6.07, 6.45) is -0.455. The molecule has 70 valence electrons. The summed E-state index contributed by atoms with van der Waals surface area (Å²) in [6.45, 7) is -0.496. The van der Waals surface area contributed by atoms with E-state index in [-0.39, 0.29) is 6.61 Å². The molecule has 1 aromatic rings. The molecule has 0 saturated carbocycles. The Balaban J connectivity index is 2.38. The Morgan fingerprint density at radius 2 is 2.08 bits per heavy atom. The van der Waals surface area contributed by atoms with Crippen molar-refractivity contribution in [2.24, 2.45) is 0 Å². The normalized spacial score (nSPS) is 12.4. The van der Waals surface area contributed by atoms with Gasteiger partial charge in [-0.15, -0.1) is 0 Å². The van der Waals surface area contributed by atoms with Crippen molar-refractivity contribution < 1.29 is 13.9 Å². The summed E-state index contributed by atoms with van der Waals surface area (Å²) in [7, 11) is 0. The second-order valence-corrected chi connectivity index (χ2v) is 2.63. The Morgan fingerprint density at radius 1 is 1.38 bits per heavy atom. The van der Waals surface area contributed by atoms with E-state index in [1.807, 2.05) is 30.3 Å². The third kappa shape index (κ3) is 3.34. The second kappa shape index (κ2) is 5.43. The van der Waals surface area contributed by atoms with Crippen molar-refractivity contribution in [1.82, 2.24) is 0 Å². The minimum atomic E-state index is -0.930. The molecule has 0 saturated heterocycles. The van der Waals surface area contributed by atoms with E-state index in [4.69, 9.17) is 4.74 Å². The van der Waals surface area contributed by atoms with Crippen molar-refractivity contribution in [2.75, 3.05) is 6.67 Å². The summed E-state index contributed by atoms with van der Waals surface area (Å²) < 4.78 is 17.0. The molecule has 0 unspecified atom stereocenters. The van der Waals surface area contributed by atoms with Crippen molar-refractivity contribution in [1.29, 1.82) is 0 Å². The molecule has 2 nitrogen and oxygen atoms in total. The predicted octanol–water partition coefficient (Wildman–Crippen LogP) is 1.74. The zero-order chi connectivity index (χ0) is 9.52. The first-order valence-corrected chi connectivity index (χ1v) is 4.03. The van der Waals surface area contributed by atoms with Gasteiger partial charge in [0.2, 0.25) is 0 Å². The summed E-state index contributed by atoms with van der Waals surface area (Å²) >= 11 is 0. The first-order valence-electron chi connectivity index (χ1n) is 4.03. The second-order valence-electron chi connectivity index (χ2n) is 2.63. The third-order valence-corrected chi connectivity index (χ3v) is 1.61. The number of ether oxygens (including phenoxy) is 1. The van der Waals surface area contributed by atoms with Crippen molar-refractivity contribution in [2.45, 2.75) is 12.7 Å².